The van der Waals surface area contributed by atoms with Crippen molar-refractivity contribution in [3.63, 3.8) is 0 Å². The maximum absolute atomic E-state index is 13.2. The van der Waals surface area contributed by atoms with Gasteiger partial charge in [0.2, 0.25) is 0 Å². The maximum atomic E-state index is 13.2. The van der Waals surface area contributed by atoms with E-state index >= 15 is 0 Å². The Hall–Kier alpha value is -3.25. The molecule has 6 heteroatoms. The van der Waals surface area contributed by atoms with Gasteiger partial charge in [0.15, 0.2) is 0 Å². The first-order chi connectivity index (χ1) is 15.5. The molecule has 32 heavy (non-hydrogen) atoms. The minimum Gasteiger partial charge on any atom is -0.335 e. The lowest BCUT2D eigenvalue weighted by molar-refractivity contribution is 0.0778. The fourth-order valence-electron chi connectivity index (χ4n) is 4.27. The Bertz CT molecular complexity index is 1200. The van der Waals surface area contributed by atoms with Gasteiger partial charge in [0.25, 0.3) is 11.5 Å². The summed E-state index contributed by atoms with van der Waals surface area (Å²) in [6.45, 7) is 12.0. The van der Waals surface area contributed by atoms with Crippen molar-refractivity contribution in [3.8, 4) is 0 Å². The molecule has 0 radical (unpaired) electrons. The highest BCUT2D eigenvalue weighted by molar-refractivity contribution is 5.97. The summed E-state index contributed by atoms with van der Waals surface area (Å²) in [5.74, 6) is 0.722. The second-order valence-corrected chi connectivity index (χ2v) is 8.50. The Labute approximate surface area is 188 Å². The van der Waals surface area contributed by atoms with E-state index in [2.05, 4.69) is 35.7 Å². The van der Waals surface area contributed by atoms with Gasteiger partial charge < -0.3 is 4.90 Å². The van der Waals surface area contributed by atoms with Gasteiger partial charge in [0, 0.05) is 51.3 Å². The topological polar surface area (TPSA) is 58.4 Å². The normalized spacial score (nSPS) is 14.1. The Morgan fingerprint density at radius 1 is 1.12 bits per heavy atom. The van der Waals surface area contributed by atoms with Gasteiger partial charge in [-0.15, -0.1) is 0 Å². The van der Waals surface area contributed by atoms with Crippen molar-refractivity contribution in [2.45, 2.75) is 33.4 Å². The van der Waals surface area contributed by atoms with Crippen molar-refractivity contribution < 1.29 is 4.79 Å². The van der Waals surface area contributed by atoms with Crippen molar-refractivity contribution in [3.05, 3.63) is 88.0 Å². The molecular formula is C26H30N4O2. The molecule has 0 saturated carbocycles. The van der Waals surface area contributed by atoms with E-state index < -0.39 is 0 Å². The van der Waals surface area contributed by atoms with E-state index in [4.69, 9.17) is 4.98 Å². The zero-order chi connectivity index (χ0) is 22.7. The third-order valence-electron chi connectivity index (χ3n) is 5.95. The molecule has 3 aromatic rings. The molecule has 0 spiro atoms. The fourth-order valence-corrected chi connectivity index (χ4v) is 4.27. The van der Waals surface area contributed by atoms with Crippen LogP contribution < -0.4 is 5.56 Å². The minimum absolute atomic E-state index is 0.0279. The number of carbonyl (C=O) groups excluding carboxylic acids is 1. The number of hydrogen-bond donors (Lipinski definition) is 0. The van der Waals surface area contributed by atoms with E-state index in [0.29, 0.717) is 42.5 Å². The van der Waals surface area contributed by atoms with Gasteiger partial charge in [-0.1, -0.05) is 42.5 Å². The summed E-state index contributed by atoms with van der Waals surface area (Å²) in [4.78, 5) is 35.1. The second-order valence-electron chi connectivity index (χ2n) is 8.50. The molecule has 0 unspecified atom stereocenters. The van der Waals surface area contributed by atoms with Crippen molar-refractivity contribution in [2.24, 2.45) is 0 Å². The minimum atomic E-state index is -0.0664. The Morgan fingerprint density at radius 2 is 1.91 bits per heavy atom. The maximum Gasteiger partial charge on any atom is 0.261 e. The smallest absolute Gasteiger partial charge is 0.261 e. The quantitative estimate of drug-likeness (QED) is 0.562. The summed E-state index contributed by atoms with van der Waals surface area (Å²) in [5.41, 5.74) is 3.32. The summed E-state index contributed by atoms with van der Waals surface area (Å²) in [6, 6.07) is 15.6. The third kappa shape index (κ3) is 4.65. The van der Waals surface area contributed by atoms with E-state index in [0.717, 1.165) is 31.0 Å². The van der Waals surface area contributed by atoms with Gasteiger partial charge in [-0.2, -0.15) is 0 Å². The number of rotatable bonds is 6. The molecular weight excluding hydrogens is 400 g/mol. The van der Waals surface area contributed by atoms with Crippen LogP contribution in [-0.4, -0.2) is 51.4 Å². The molecule has 0 bridgehead atoms. The molecule has 1 aliphatic heterocycles. The van der Waals surface area contributed by atoms with Crippen LogP contribution in [0, 0.1) is 0 Å². The van der Waals surface area contributed by atoms with Crippen LogP contribution in [0.25, 0.3) is 10.9 Å². The van der Waals surface area contributed by atoms with Crippen LogP contribution >= 0.6 is 0 Å². The van der Waals surface area contributed by atoms with Crippen LogP contribution in [-0.2, 0) is 19.5 Å². The van der Waals surface area contributed by atoms with Crippen molar-refractivity contribution in [2.75, 3.05) is 26.2 Å². The SMILES string of the molecule is C=C(C)CN(CC)C(=O)c1ccc2c(=O)n3c(nc2c1)CCN(Cc1ccccc1)CC3. The summed E-state index contributed by atoms with van der Waals surface area (Å²) < 4.78 is 1.80. The highest BCUT2D eigenvalue weighted by Gasteiger charge is 2.20. The van der Waals surface area contributed by atoms with Gasteiger partial charge in [0.05, 0.1) is 10.9 Å². The highest BCUT2D eigenvalue weighted by atomic mass is 16.2. The molecule has 1 aromatic heterocycles. The summed E-state index contributed by atoms with van der Waals surface area (Å²) in [6.07, 6.45) is 0.701. The molecule has 1 aliphatic rings. The third-order valence-corrected chi connectivity index (χ3v) is 5.95. The van der Waals surface area contributed by atoms with Crippen molar-refractivity contribution in [1.29, 1.82) is 0 Å². The number of fused-ring (bicyclic) bond motifs is 2. The molecule has 1 amide bonds. The molecule has 0 aliphatic carbocycles. The molecule has 0 atom stereocenters. The zero-order valence-corrected chi connectivity index (χ0v) is 18.9. The Morgan fingerprint density at radius 3 is 2.62 bits per heavy atom. The molecule has 0 fully saturated rings. The first kappa shape index (κ1) is 22.0. The predicted molar refractivity (Wildman–Crippen MR) is 128 cm³/mol. The Balaban J connectivity index is 1.60. The fraction of sp³-hybridized carbons (Fsp3) is 0.346. The number of hydrogen-bond acceptors (Lipinski definition) is 4. The van der Waals surface area contributed by atoms with Gasteiger partial charge in [-0.25, -0.2) is 4.98 Å². The van der Waals surface area contributed by atoms with Crippen molar-refractivity contribution in [1.82, 2.24) is 19.4 Å². The van der Waals surface area contributed by atoms with E-state index in [1.807, 2.05) is 19.9 Å². The molecule has 0 saturated heterocycles. The standard InChI is InChI=1S/C26H30N4O2/c1-4-29(17-19(2)3)25(31)21-10-11-22-23(16-21)27-24-12-13-28(14-15-30(24)26(22)32)18-20-8-6-5-7-9-20/h5-11,16H,2,4,12-15,17-18H2,1,3H3. The molecule has 2 heterocycles. The van der Waals surface area contributed by atoms with Gasteiger partial charge in [-0.05, 0) is 37.6 Å². The number of amides is 1. The van der Waals surface area contributed by atoms with Crippen LogP contribution in [0.15, 0.2) is 65.5 Å². The number of benzene rings is 2. The second kappa shape index (κ2) is 9.49. The average Bonchev–Trinajstić information content (AvgIpc) is 3.00. The van der Waals surface area contributed by atoms with E-state index in [1.54, 1.807) is 27.7 Å². The number of likely N-dealkylation sites (N-methyl/N-ethyl adjacent to an activating group) is 1. The van der Waals surface area contributed by atoms with Crippen LogP contribution in [0.3, 0.4) is 0 Å². The summed E-state index contributed by atoms with van der Waals surface area (Å²) in [5, 5.41) is 0.560. The lowest BCUT2D eigenvalue weighted by Crippen LogP contribution is -2.32. The number of nitrogens with zero attached hydrogens (tertiary/aromatic N) is 4. The highest BCUT2D eigenvalue weighted by Crippen LogP contribution is 2.17. The molecule has 0 N–H and O–H groups in total. The average molecular weight is 431 g/mol. The van der Waals surface area contributed by atoms with Crippen molar-refractivity contribution >= 4 is 16.8 Å². The number of aromatic nitrogens is 2. The van der Waals surface area contributed by atoms with E-state index in [1.165, 1.54) is 5.56 Å². The molecule has 6 nitrogen and oxygen atoms in total. The van der Waals surface area contributed by atoms with Gasteiger partial charge >= 0.3 is 0 Å². The van der Waals surface area contributed by atoms with Gasteiger partial charge in [0.1, 0.15) is 5.82 Å². The largest absolute Gasteiger partial charge is 0.335 e. The lowest BCUT2D eigenvalue weighted by Gasteiger charge is -2.21. The number of carbonyl (C=O) groups is 1. The lowest BCUT2D eigenvalue weighted by atomic mass is 10.1. The monoisotopic (exact) mass is 430 g/mol. The molecule has 4 rings (SSSR count). The molecule has 2 aromatic carbocycles. The van der Waals surface area contributed by atoms with Crippen LogP contribution in [0.1, 0.15) is 35.6 Å². The summed E-state index contributed by atoms with van der Waals surface area (Å²) in [7, 11) is 0. The molecule has 166 valence electrons. The van der Waals surface area contributed by atoms with Crippen LogP contribution in [0.5, 0.6) is 0 Å². The van der Waals surface area contributed by atoms with E-state index in [-0.39, 0.29) is 11.5 Å². The van der Waals surface area contributed by atoms with E-state index in [9.17, 15) is 9.59 Å². The first-order valence-corrected chi connectivity index (χ1v) is 11.2. The summed E-state index contributed by atoms with van der Waals surface area (Å²) >= 11 is 0. The Kier molecular flexibility index (Phi) is 6.51. The first-order valence-electron chi connectivity index (χ1n) is 11.2. The van der Waals surface area contributed by atoms with Crippen LogP contribution in [0.2, 0.25) is 0 Å². The van der Waals surface area contributed by atoms with Crippen LogP contribution in [0.4, 0.5) is 0 Å². The van der Waals surface area contributed by atoms with Gasteiger partial charge in [-0.3, -0.25) is 19.1 Å². The zero-order valence-electron chi connectivity index (χ0n) is 18.9. The predicted octanol–water partition coefficient (Wildman–Crippen LogP) is 3.49.